The predicted molar refractivity (Wildman–Crippen MR) is 114 cm³/mol. The molecule has 3 aromatic heterocycles. The molecule has 4 rings (SSSR count). The molecule has 0 bridgehead atoms. The van der Waals surface area contributed by atoms with Gasteiger partial charge in [-0.15, -0.1) is 10.2 Å². The lowest BCUT2D eigenvalue weighted by Crippen LogP contribution is -2.24. The van der Waals surface area contributed by atoms with E-state index in [4.69, 9.17) is 4.42 Å². The molecule has 1 aromatic carbocycles. The number of nitrogens with one attached hydrogen (secondary N) is 2. The average molecular weight is 443 g/mol. The number of thiazole rings is 1. The molecule has 11 heteroatoms. The summed E-state index contributed by atoms with van der Waals surface area (Å²) in [6.07, 6.45) is 1.44. The van der Waals surface area contributed by atoms with Crippen molar-refractivity contribution in [3.05, 3.63) is 54.2 Å². The van der Waals surface area contributed by atoms with Crippen LogP contribution in [0.15, 0.2) is 52.2 Å². The number of carbonyl (C=O) groups excluding carboxylic acids is 2. The molecule has 0 aliphatic carbocycles. The van der Waals surface area contributed by atoms with E-state index >= 15 is 0 Å². The van der Waals surface area contributed by atoms with Crippen LogP contribution in [0.5, 0.6) is 0 Å². The van der Waals surface area contributed by atoms with E-state index < -0.39 is 5.25 Å². The Balaban J connectivity index is 1.35. The second-order valence-electron chi connectivity index (χ2n) is 6.35. The zero-order chi connectivity index (χ0) is 21.1. The summed E-state index contributed by atoms with van der Waals surface area (Å²) < 4.78 is 7.82. The molecule has 4 aromatic rings. The number of hydrogen-bond donors (Lipinski definition) is 2. The standard InChI is InChI=1S/C19H18N6O3S2/c1-11(16(26)22-18-21-12-6-3-4-8-14(12)30-18)29-19-24-23-15(25(19)2)10-20-17(27)13-7-5-9-28-13/h3-9,11H,10H2,1-2H3,(H,20,27)(H,21,22,26)/t11-/m0/s1. The molecule has 1 atom stereocenters. The molecular weight excluding hydrogens is 424 g/mol. The van der Waals surface area contributed by atoms with Gasteiger partial charge in [0.1, 0.15) is 0 Å². The minimum absolute atomic E-state index is 0.172. The first-order valence-corrected chi connectivity index (χ1v) is 10.7. The van der Waals surface area contributed by atoms with E-state index in [1.54, 1.807) is 30.7 Å². The molecule has 154 valence electrons. The highest BCUT2D eigenvalue weighted by Crippen LogP contribution is 2.27. The van der Waals surface area contributed by atoms with Gasteiger partial charge >= 0.3 is 0 Å². The number of nitrogens with zero attached hydrogens (tertiary/aromatic N) is 4. The van der Waals surface area contributed by atoms with Crippen molar-refractivity contribution >= 4 is 50.3 Å². The highest BCUT2D eigenvalue weighted by atomic mass is 32.2. The van der Waals surface area contributed by atoms with Gasteiger partial charge in [-0.2, -0.15) is 0 Å². The number of amides is 2. The summed E-state index contributed by atoms with van der Waals surface area (Å²) in [5.74, 6) is 0.290. The van der Waals surface area contributed by atoms with Crippen molar-refractivity contribution in [3.8, 4) is 0 Å². The number of para-hydroxylation sites is 1. The number of furan rings is 1. The van der Waals surface area contributed by atoms with Gasteiger partial charge in [-0.05, 0) is 31.2 Å². The maximum absolute atomic E-state index is 12.6. The second kappa shape index (κ2) is 8.67. The Hall–Kier alpha value is -3.18. The van der Waals surface area contributed by atoms with E-state index in [2.05, 4.69) is 25.8 Å². The van der Waals surface area contributed by atoms with E-state index in [-0.39, 0.29) is 24.1 Å². The van der Waals surface area contributed by atoms with Crippen LogP contribution in [0, 0.1) is 0 Å². The SMILES string of the molecule is C[C@H](Sc1nnc(CNC(=O)c2ccco2)n1C)C(=O)Nc1nc2ccccc2s1. The Morgan fingerprint density at radius 2 is 2.07 bits per heavy atom. The Labute approximate surface area is 179 Å². The predicted octanol–water partition coefficient (Wildman–Crippen LogP) is 3.07. The Kier molecular flexibility index (Phi) is 5.81. The van der Waals surface area contributed by atoms with E-state index in [1.807, 2.05) is 24.3 Å². The van der Waals surface area contributed by atoms with Gasteiger partial charge in [0.05, 0.1) is 28.3 Å². The average Bonchev–Trinajstić information content (AvgIpc) is 3.47. The quantitative estimate of drug-likeness (QED) is 0.423. The number of anilines is 1. The van der Waals surface area contributed by atoms with Gasteiger partial charge in [0.25, 0.3) is 5.91 Å². The smallest absolute Gasteiger partial charge is 0.287 e. The van der Waals surface area contributed by atoms with Gasteiger partial charge < -0.3 is 19.6 Å². The van der Waals surface area contributed by atoms with Gasteiger partial charge in [-0.1, -0.05) is 35.2 Å². The summed E-state index contributed by atoms with van der Waals surface area (Å²) in [6.45, 7) is 1.98. The van der Waals surface area contributed by atoms with E-state index in [0.717, 1.165) is 10.2 Å². The summed E-state index contributed by atoms with van der Waals surface area (Å²) in [5.41, 5.74) is 0.854. The molecule has 0 fully saturated rings. The molecule has 0 saturated heterocycles. The lowest BCUT2D eigenvalue weighted by atomic mass is 10.3. The van der Waals surface area contributed by atoms with Gasteiger partial charge in [-0.25, -0.2) is 4.98 Å². The van der Waals surface area contributed by atoms with E-state index in [0.29, 0.717) is 16.1 Å². The monoisotopic (exact) mass is 442 g/mol. The zero-order valence-corrected chi connectivity index (χ0v) is 17.8. The fraction of sp³-hybridized carbons (Fsp3) is 0.211. The molecule has 3 heterocycles. The molecular formula is C19H18N6O3S2. The number of aromatic nitrogens is 4. The normalized spacial score (nSPS) is 12.1. The topological polar surface area (TPSA) is 115 Å². The molecule has 0 aliphatic rings. The largest absolute Gasteiger partial charge is 0.459 e. The Morgan fingerprint density at radius 3 is 2.83 bits per heavy atom. The minimum atomic E-state index is -0.412. The lowest BCUT2D eigenvalue weighted by Gasteiger charge is -2.10. The first-order chi connectivity index (χ1) is 14.5. The van der Waals surface area contributed by atoms with Crippen LogP contribution in [0.4, 0.5) is 5.13 Å². The van der Waals surface area contributed by atoms with Gasteiger partial charge in [0, 0.05) is 7.05 Å². The molecule has 0 spiro atoms. The second-order valence-corrected chi connectivity index (χ2v) is 8.69. The third-order valence-electron chi connectivity index (χ3n) is 4.25. The number of hydrogen-bond acceptors (Lipinski definition) is 8. The minimum Gasteiger partial charge on any atom is -0.459 e. The van der Waals surface area contributed by atoms with Crippen molar-refractivity contribution in [2.24, 2.45) is 7.05 Å². The molecule has 0 unspecified atom stereocenters. The summed E-state index contributed by atoms with van der Waals surface area (Å²) in [7, 11) is 1.79. The number of fused-ring (bicyclic) bond motifs is 1. The highest BCUT2D eigenvalue weighted by Gasteiger charge is 2.20. The third-order valence-corrected chi connectivity index (χ3v) is 6.34. The van der Waals surface area contributed by atoms with Crippen molar-refractivity contribution in [2.45, 2.75) is 23.9 Å². The number of carbonyl (C=O) groups is 2. The van der Waals surface area contributed by atoms with Gasteiger partial charge in [0.15, 0.2) is 21.9 Å². The van der Waals surface area contributed by atoms with Crippen LogP contribution in [-0.4, -0.2) is 36.8 Å². The zero-order valence-electron chi connectivity index (χ0n) is 16.2. The van der Waals surface area contributed by atoms with Crippen LogP contribution in [0.3, 0.4) is 0 Å². The molecule has 30 heavy (non-hydrogen) atoms. The first-order valence-electron chi connectivity index (χ1n) is 9.04. The maximum atomic E-state index is 12.6. The van der Waals surface area contributed by atoms with Crippen molar-refractivity contribution in [3.63, 3.8) is 0 Å². The van der Waals surface area contributed by atoms with Crippen LogP contribution in [0.2, 0.25) is 0 Å². The molecule has 0 saturated carbocycles. The van der Waals surface area contributed by atoms with Gasteiger partial charge in [0.2, 0.25) is 5.91 Å². The lowest BCUT2D eigenvalue weighted by molar-refractivity contribution is -0.115. The van der Waals surface area contributed by atoms with Crippen molar-refractivity contribution in [1.82, 2.24) is 25.1 Å². The Bertz CT molecular complexity index is 1150. The first kappa shape index (κ1) is 20.1. The van der Waals surface area contributed by atoms with Crippen molar-refractivity contribution in [1.29, 1.82) is 0 Å². The molecule has 0 radical (unpaired) electrons. The summed E-state index contributed by atoms with van der Waals surface area (Å²) >= 11 is 2.71. The van der Waals surface area contributed by atoms with E-state index in [1.165, 1.54) is 29.4 Å². The van der Waals surface area contributed by atoms with Crippen molar-refractivity contribution in [2.75, 3.05) is 5.32 Å². The fourth-order valence-electron chi connectivity index (χ4n) is 2.60. The maximum Gasteiger partial charge on any atom is 0.287 e. The number of thioether (sulfide) groups is 1. The summed E-state index contributed by atoms with van der Waals surface area (Å²) in [5, 5.41) is 14.5. The third kappa shape index (κ3) is 4.36. The van der Waals surface area contributed by atoms with Crippen LogP contribution < -0.4 is 10.6 Å². The fourth-order valence-corrected chi connectivity index (χ4v) is 4.30. The van der Waals surface area contributed by atoms with Crippen LogP contribution in [-0.2, 0) is 18.4 Å². The van der Waals surface area contributed by atoms with Gasteiger partial charge in [-0.3, -0.25) is 9.59 Å². The molecule has 2 N–H and O–H groups in total. The van der Waals surface area contributed by atoms with Crippen LogP contribution >= 0.6 is 23.1 Å². The summed E-state index contributed by atoms with van der Waals surface area (Å²) in [4.78, 5) is 29.0. The number of rotatable bonds is 7. The van der Waals surface area contributed by atoms with Crippen LogP contribution in [0.25, 0.3) is 10.2 Å². The summed E-state index contributed by atoms with van der Waals surface area (Å²) in [6, 6.07) is 11.0. The molecule has 2 amide bonds. The number of benzene rings is 1. The van der Waals surface area contributed by atoms with E-state index in [9.17, 15) is 9.59 Å². The highest BCUT2D eigenvalue weighted by molar-refractivity contribution is 8.00. The van der Waals surface area contributed by atoms with Crippen molar-refractivity contribution < 1.29 is 14.0 Å². The Morgan fingerprint density at radius 1 is 1.23 bits per heavy atom. The molecule has 9 nitrogen and oxygen atoms in total. The molecule has 0 aliphatic heterocycles. The van der Waals surface area contributed by atoms with Crippen LogP contribution in [0.1, 0.15) is 23.3 Å².